The summed E-state index contributed by atoms with van der Waals surface area (Å²) in [6, 6.07) is 0. The Morgan fingerprint density at radius 3 is 2.29 bits per heavy atom. The Balaban J connectivity index is 1.87. The van der Waals surface area contributed by atoms with Crippen molar-refractivity contribution in [2.24, 2.45) is 17.8 Å². The van der Waals surface area contributed by atoms with E-state index in [-0.39, 0.29) is 5.92 Å². The molecule has 0 spiro atoms. The van der Waals surface area contributed by atoms with Crippen LogP contribution >= 0.6 is 0 Å². The Morgan fingerprint density at radius 1 is 1.05 bits per heavy atom. The SMILES string of the molecule is CCCC1CCC(C(O)C2CCC(OC)C(F)C2F)CC1. The van der Waals surface area contributed by atoms with Gasteiger partial charge in [0.25, 0.3) is 0 Å². The third-order valence-electron chi connectivity index (χ3n) is 5.67. The average molecular weight is 304 g/mol. The zero-order valence-corrected chi connectivity index (χ0v) is 13.3. The number of methoxy groups -OCH3 is 1. The van der Waals surface area contributed by atoms with Gasteiger partial charge >= 0.3 is 0 Å². The highest BCUT2D eigenvalue weighted by Gasteiger charge is 2.45. The van der Waals surface area contributed by atoms with Gasteiger partial charge in [-0.3, -0.25) is 0 Å². The molecular weight excluding hydrogens is 274 g/mol. The number of halogens is 2. The van der Waals surface area contributed by atoms with Gasteiger partial charge in [-0.2, -0.15) is 0 Å². The maximum atomic E-state index is 14.3. The second-order valence-electron chi connectivity index (χ2n) is 6.96. The Morgan fingerprint density at radius 2 is 1.71 bits per heavy atom. The maximum Gasteiger partial charge on any atom is 0.157 e. The third kappa shape index (κ3) is 3.95. The second kappa shape index (κ2) is 7.87. The van der Waals surface area contributed by atoms with Crippen molar-refractivity contribution in [2.75, 3.05) is 7.11 Å². The molecule has 21 heavy (non-hydrogen) atoms. The van der Waals surface area contributed by atoms with E-state index in [1.165, 1.54) is 20.0 Å². The molecule has 2 aliphatic rings. The molecule has 2 aliphatic carbocycles. The predicted molar refractivity (Wildman–Crippen MR) is 79.7 cm³/mol. The van der Waals surface area contributed by atoms with E-state index < -0.39 is 30.5 Å². The molecular formula is C17H30F2O2. The standard InChI is InChI=1S/C17H30F2O2/c1-3-4-11-5-7-12(8-6-11)17(20)13-9-10-14(21-2)16(19)15(13)18/h11-17,20H,3-10H2,1-2H3. The van der Waals surface area contributed by atoms with Gasteiger partial charge in [-0.15, -0.1) is 0 Å². The topological polar surface area (TPSA) is 29.5 Å². The molecule has 0 aromatic rings. The Hall–Kier alpha value is -0.220. The lowest BCUT2D eigenvalue weighted by Gasteiger charge is -2.40. The molecule has 5 unspecified atom stereocenters. The number of alkyl halides is 2. The molecule has 2 nitrogen and oxygen atoms in total. The smallest absolute Gasteiger partial charge is 0.157 e. The van der Waals surface area contributed by atoms with Gasteiger partial charge in [0, 0.05) is 13.0 Å². The molecule has 2 rings (SSSR count). The monoisotopic (exact) mass is 304 g/mol. The predicted octanol–water partition coefficient (Wildman–Crippen LogP) is 4.06. The highest BCUT2D eigenvalue weighted by molar-refractivity contribution is 4.94. The summed E-state index contributed by atoms with van der Waals surface area (Å²) in [6.45, 7) is 2.20. The van der Waals surface area contributed by atoms with Gasteiger partial charge in [-0.25, -0.2) is 8.78 Å². The van der Waals surface area contributed by atoms with Crippen LogP contribution < -0.4 is 0 Å². The number of hydrogen-bond donors (Lipinski definition) is 1. The van der Waals surface area contributed by atoms with Gasteiger partial charge in [-0.05, 0) is 37.5 Å². The van der Waals surface area contributed by atoms with Crippen LogP contribution in [0.1, 0.15) is 58.3 Å². The quantitative estimate of drug-likeness (QED) is 0.830. The first kappa shape index (κ1) is 17.1. The lowest BCUT2D eigenvalue weighted by Crippen LogP contribution is -2.48. The van der Waals surface area contributed by atoms with Crippen LogP contribution in [-0.2, 0) is 4.74 Å². The summed E-state index contributed by atoms with van der Waals surface area (Å²) in [7, 11) is 1.43. The van der Waals surface area contributed by atoms with Crippen LogP contribution in [-0.4, -0.2) is 36.8 Å². The van der Waals surface area contributed by atoms with E-state index in [1.54, 1.807) is 0 Å². The molecule has 0 saturated heterocycles. The van der Waals surface area contributed by atoms with Crippen LogP contribution in [0.2, 0.25) is 0 Å². The van der Waals surface area contributed by atoms with Crippen LogP contribution in [0, 0.1) is 17.8 Å². The first-order chi connectivity index (χ1) is 10.1. The van der Waals surface area contributed by atoms with Gasteiger partial charge in [0.2, 0.25) is 0 Å². The Kier molecular flexibility index (Phi) is 6.42. The average Bonchev–Trinajstić information content (AvgIpc) is 2.50. The molecule has 0 aliphatic heterocycles. The van der Waals surface area contributed by atoms with E-state index >= 15 is 0 Å². The van der Waals surface area contributed by atoms with Crippen LogP contribution in [0.5, 0.6) is 0 Å². The molecule has 0 radical (unpaired) electrons. The van der Waals surface area contributed by atoms with E-state index in [4.69, 9.17) is 4.74 Å². The molecule has 0 aromatic carbocycles. The van der Waals surface area contributed by atoms with Crippen molar-refractivity contribution in [1.82, 2.24) is 0 Å². The van der Waals surface area contributed by atoms with Crippen molar-refractivity contribution in [2.45, 2.75) is 82.8 Å². The molecule has 5 atom stereocenters. The van der Waals surface area contributed by atoms with Crippen molar-refractivity contribution in [3.63, 3.8) is 0 Å². The van der Waals surface area contributed by atoms with Gasteiger partial charge in [0.1, 0.15) is 6.17 Å². The minimum atomic E-state index is -1.60. The summed E-state index contributed by atoms with van der Waals surface area (Å²) in [5.74, 6) is 0.351. The summed E-state index contributed by atoms with van der Waals surface area (Å²) in [5.41, 5.74) is 0. The van der Waals surface area contributed by atoms with Gasteiger partial charge in [0.15, 0.2) is 6.17 Å². The van der Waals surface area contributed by atoms with Crippen molar-refractivity contribution < 1.29 is 18.6 Å². The number of hydrogen-bond acceptors (Lipinski definition) is 2. The van der Waals surface area contributed by atoms with E-state index in [0.29, 0.717) is 12.8 Å². The number of ether oxygens (including phenoxy) is 1. The highest BCUT2D eigenvalue weighted by Crippen LogP contribution is 2.40. The van der Waals surface area contributed by atoms with Crippen molar-refractivity contribution in [3.05, 3.63) is 0 Å². The summed E-state index contributed by atoms with van der Waals surface area (Å²) in [5, 5.41) is 10.5. The molecule has 124 valence electrons. The van der Waals surface area contributed by atoms with Crippen molar-refractivity contribution >= 4 is 0 Å². The molecule has 0 amide bonds. The zero-order chi connectivity index (χ0) is 15.4. The van der Waals surface area contributed by atoms with Crippen molar-refractivity contribution in [1.29, 1.82) is 0 Å². The van der Waals surface area contributed by atoms with E-state index in [1.807, 2.05) is 0 Å². The fourth-order valence-corrected chi connectivity index (χ4v) is 4.30. The van der Waals surface area contributed by atoms with Crippen LogP contribution in [0.4, 0.5) is 8.78 Å². The lowest BCUT2D eigenvalue weighted by molar-refractivity contribution is -0.0977. The van der Waals surface area contributed by atoms with E-state index in [0.717, 1.165) is 31.6 Å². The molecule has 2 saturated carbocycles. The molecule has 2 fully saturated rings. The lowest BCUT2D eigenvalue weighted by atomic mass is 9.71. The maximum absolute atomic E-state index is 14.3. The second-order valence-corrected chi connectivity index (χ2v) is 6.96. The number of aliphatic hydroxyl groups is 1. The molecule has 4 heteroatoms. The number of rotatable bonds is 5. The molecule has 0 bridgehead atoms. The zero-order valence-electron chi connectivity index (χ0n) is 13.3. The Bertz CT molecular complexity index is 305. The summed E-state index contributed by atoms with van der Waals surface area (Å²) < 4.78 is 33.2. The van der Waals surface area contributed by atoms with Gasteiger partial charge in [-0.1, -0.05) is 32.6 Å². The van der Waals surface area contributed by atoms with Crippen LogP contribution in [0.25, 0.3) is 0 Å². The molecule has 0 aromatic heterocycles. The molecule has 1 N–H and O–H groups in total. The van der Waals surface area contributed by atoms with Crippen LogP contribution in [0.15, 0.2) is 0 Å². The minimum Gasteiger partial charge on any atom is -0.392 e. The largest absolute Gasteiger partial charge is 0.392 e. The number of aliphatic hydroxyl groups excluding tert-OH is 1. The van der Waals surface area contributed by atoms with Gasteiger partial charge in [0.05, 0.1) is 12.2 Å². The van der Waals surface area contributed by atoms with Crippen LogP contribution in [0.3, 0.4) is 0 Å². The van der Waals surface area contributed by atoms with E-state index in [2.05, 4.69) is 6.92 Å². The summed E-state index contributed by atoms with van der Waals surface area (Å²) in [4.78, 5) is 0. The third-order valence-corrected chi connectivity index (χ3v) is 5.67. The fourth-order valence-electron chi connectivity index (χ4n) is 4.30. The fraction of sp³-hybridized carbons (Fsp3) is 1.00. The first-order valence-electron chi connectivity index (χ1n) is 8.57. The minimum absolute atomic E-state index is 0.146. The molecule has 0 heterocycles. The van der Waals surface area contributed by atoms with Crippen molar-refractivity contribution in [3.8, 4) is 0 Å². The summed E-state index contributed by atoms with van der Waals surface area (Å²) >= 11 is 0. The Labute approximate surface area is 127 Å². The van der Waals surface area contributed by atoms with E-state index in [9.17, 15) is 13.9 Å². The normalized spacial score (nSPS) is 42.7. The summed E-state index contributed by atoms with van der Waals surface area (Å²) in [6.07, 6.45) is 3.11. The van der Waals surface area contributed by atoms with Gasteiger partial charge < -0.3 is 9.84 Å². The highest BCUT2D eigenvalue weighted by atomic mass is 19.2. The first-order valence-corrected chi connectivity index (χ1v) is 8.57.